The van der Waals surface area contributed by atoms with Crippen LogP contribution in [0.4, 0.5) is 0 Å². The van der Waals surface area contributed by atoms with E-state index in [0.717, 1.165) is 57.8 Å². The van der Waals surface area contributed by atoms with Gasteiger partial charge in [0, 0.05) is 6.42 Å². The molecule has 14 nitrogen and oxygen atoms in total. The summed E-state index contributed by atoms with van der Waals surface area (Å²) in [6, 6.07) is -0.829. The monoisotopic (exact) mass is 1290 g/mol. The highest BCUT2D eigenvalue weighted by Gasteiger charge is 2.51. The molecule has 0 saturated carbocycles. The Bertz CT molecular complexity index is 1620. The molecule has 0 aromatic carbocycles. The van der Waals surface area contributed by atoms with Crippen LogP contribution in [0, 0.1) is 0 Å². The summed E-state index contributed by atoms with van der Waals surface area (Å²) < 4.78 is 23.0. The third kappa shape index (κ3) is 45.6. The molecule has 9 N–H and O–H groups in total. The van der Waals surface area contributed by atoms with Crippen molar-refractivity contribution in [3.63, 3.8) is 0 Å². The first-order valence-corrected chi connectivity index (χ1v) is 39.1. The van der Waals surface area contributed by atoms with Gasteiger partial charge in [0.25, 0.3) is 0 Å². The smallest absolute Gasteiger partial charge is 0.220 e. The topological polar surface area (TPSA) is 228 Å². The van der Waals surface area contributed by atoms with Crippen molar-refractivity contribution in [3.8, 4) is 0 Å². The molecular weight excluding hydrogens is 1150 g/mol. The van der Waals surface area contributed by atoms with Crippen LogP contribution in [0.5, 0.6) is 0 Å². The van der Waals surface area contributed by atoms with Crippen LogP contribution in [0.2, 0.25) is 0 Å². The Hall–Kier alpha value is -1.53. The average molecular weight is 1300 g/mol. The minimum atomic E-state index is -1.78. The zero-order chi connectivity index (χ0) is 65.9. The van der Waals surface area contributed by atoms with Crippen LogP contribution in [-0.4, -0.2) is 140 Å². The van der Waals surface area contributed by atoms with E-state index in [4.69, 9.17) is 18.9 Å². The minimum Gasteiger partial charge on any atom is -0.394 e. The molecule has 12 unspecified atom stereocenters. The van der Waals surface area contributed by atoms with Gasteiger partial charge in [0.1, 0.15) is 48.8 Å². The van der Waals surface area contributed by atoms with E-state index in [1.807, 2.05) is 0 Å². The molecule has 2 fully saturated rings. The second-order valence-corrected chi connectivity index (χ2v) is 27.8. The van der Waals surface area contributed by atoms with Gasteiger partial charge in [-0.25, -0.2) is 0 Å². The van der Waals surface area contributed by atoms with E-state index in [0.29, 0.717) is 12.8 Å². The summed E-state index contributed by atoms with van der Waals surface area (Å²) in [6.45, 7) is 2.92. The number of hydrogen-bond donors (Lipinski definition) is 9. The number of unbranched alkanes of at least 4 members (excludes halogenated alkanes) is 49. The molecule has 0 spiro atoms. The van der Waals surface area contributed by atoms with Gasteiger partial charge in [-0.2, -0.15) is 0 Å². The summed E-state index contributed by atoms with van der Waals surface area (Å²) in [5.74, 6) is -0.199. The summed E-state index contributed by atoms with van der Waals surface area (Å²) in [7, 11) is 0. The summed E-state index contributed by atoms with van der Waals surface area (Å²) >= 11 is 0. The molecule has 2 saturated heterocycles. The van der Waals surface area contributed by atoms with Gasteiger partial charge >= 0.3 is 0 Å². The van der Waals surface area contributed by atoms with Crippen LogP contribution in [0.15, 0.2) is 24.3 Å². The van der Waals surface area contributed by atoms with Crippen molar-refractivity contribution in [2.75, 3.05) is 19.8 Å². The summed E-state index contributed by atoms with van der Waals surface area (Å²) in [5.41, 5.74) is 0. The van der Waals surface area contributed by atoms with E-state index >= 15 is 0 Å². The van der Waals surface area contributed by atoms with Crippen molar-refractivity contribution in [1.82, 2.24) is 5.32 Å². The van der Waals surface area contributed by atoms with Crippen molar-refractivity contribution in [1.29, 1.82) is 0 Å². The molecule has 1 amide bonds. The van der Waals surface area contributed by atoms with Gasteiger partial charge in [0.05, 0.1) is 32.0 Å². The van der Waals surface area contributed by atoms with Crippen LogP contribution < -0.4 is 5.32 Å². The molecule has 2 aliphatic rings. The van der Waals surface area contributed by atoms with Crippen molar-refractivity contribution >= 4 is 5.91 Å². The molecule has 538 valence electrons. The second-order valence-electron chi connectivity index (χ2n) is 27.8. The summed E-state index contributed by atoms with van der Waals surface area (Å²) in [6.07, 6.45) is 62.1. The van der Waals surface area contributed by atoms with E-state index in [2.05, 4.69) is 43.5 Å². The van der Waals surface area contributed by atoms with E-state index in [-0.39, 0.29) is 12.5 Å². The lowest BCUT2D eigenvalue weighted by atomic mass is 9.97. The highest BCUT2D eigenvalue weighted by atomic mass is 16.7. The highest BCUT2D eigenvalue weighted by Crippen LogP contribution is 2.30. The fourth-order valence-corrected chi connectivity index (χ4v) is 13.2. The molecule has 14 heteroatoms. The Kier molecular flexibility index (Phi) is 58.3. The Morgan fingerprint density at radius 3 is 1.10 bits per heavy atom. The molecule has 2 heterocycles. The maximum atomic E-state index is 13.4. The fraction of sp³-hybridized carbons (Fsp3) is 0.935. The zero-order valence-electron chi connectivity index (χ0n) is 58.9. The van der Waals surface area contributed by atoms with E-state index in [1.165, 1.54) is 283 Å². The number of amides is 1. The number of hydrogen-bond acceptors (Lipinski definition) is 13. The number of rotatable bonds is 66. The first kappa shape index (κ1) is 85.6. The normalized spacial score (nSPS) is 22.8. The third-order valence-corrected chi connectivity index (χ3v) is 19.4. The minimum absolute atomic E-state index is 0.199. The quantitative estimate of drug-likeness (QED) is 0.0204. The Labute approximate surface area is 558 Å². The van der Waals surface area contributed by atoms with Crippen molar-refractivity contribution in [3.05, 3.63) is 24.3 Å². The molecule has 0 aromatic heterocycles. The lowest BCUT2D eigenvalue weighted by Gasteiger charge is -2.46. The maximum absolute atomic E-state index is 13.4. The highest BCUT2D eigenvalue weighted by molar-refractivity contribution is 5.76. The standard InChI is InChI=1S/C77H147NO13/c1-3-5-7-9-11-13-15-17-19-21-23-25-27-29-31-33-35-37-39-41-43-45-47-49-51-53-55-57-59-61-69(82)78-65(64-88-76-74(87)72(85)75(68(63-80)90-76)91-77-73(86)71(84)70(83)67(62-79)89-77)66(81)60-58-56-54-52-50-48-46-44-42-40-38-36-34-32-30-28-26-24-22-20-18-16-14-12-10-8-6-4-2/h15,17,21,23,65-68,70-77,79-81,83-87H,3-14,16,18-20,22,24-64H2,1-2H3,(H,78,82)/b17-15-,23-21-. The third-order valence-electron chi connectivity index (χ3n) is 19.4. The summed E-state index contributed by atoms with van der Waals surface area (Å²) in [5, 5.41) is 87.8. The van der Waals surface area contributed by atoms with Crippen molar-refractivity contribution in [2.24, 2.45) is 0 Å². The number of aliphatic hydroxyl groups excluding tert-OH is 8. The molecule has 12 atom stereocenters. The van der Waals surface area contributed by atoms with Crippen LogP contribution in [-0.2, 0) is 23.7 Å². The van der Waals surface area contributed by atoms with Gasteiger partial charge in [-0.1, -0.05) is 340 Å². The van der Waals surface area contributed by atoms with Crippen LogP contribution in [0.25, 0.3) is 0 Å². The van der Waals surface area contributed by atoms with Gasteiger partial charge in [-0.3, -0.25) is 4.79 Å². The molecule has 0 bridgehead atoms. The molecule has 2 aliphatic heterocycles. The van der Waals surface area contributed by atoms with E-state index in [1.54, 1.807) is 0 Å². The van der Waals surface area contributed by atoms with E-state index < -0.39 is 86.8 Å². The Morgan fingerprint density at radius 1 is 0.396 bits per heavy atom. The van der Waals surface area contributed by atoms with Gasteiger partial charge in [0.15, 0.2) is 12.6 Å². The van der Waals surface area contributed by atoms with Crippen LogP contribution >= 0.6 is 0 Å². The molecule has 91 heavy (non-hydrogen) atoms. The van der Waals surface area contributed by atoms with Gasteiger partial charge in [-0.05, 0) is 44.9 Å². The molecule has 0 radical (unpaired) electrons. The maximum Gasteiger partial charge on any atom is 0.220 e. The first-order valence-electron chi connectivity index (χ1n) is 39.1. The van der Waals surface area contributed by atoms with Gasteiger partial charge in [-0.15, -0.1) is 0 Å². The number of aliphatic hydroxyl groups is 8. The average Bonchev–Trinajstić information content (AvgIpc) is 1.06. The van der Waals surface area contributed by atoms with Crippen LogP contribution in [0.3, 0.4) is 0 Å². The second kappa shape index (κ2) is 62.0. The predicted octanol–water partition coefficient (Wildman–Crippen LogP) is 17.1. The first-order chi connectivity index (χ1) is 44.6. The largest absolute Gasteiger partial charge is 0.394 e. The number of carbonyl (C=O) groups excluding carboxylic acids is 1. The molecule has 0 aromatic rings. The van der Waals surface area contributed by atoms with Crippen molar-refractivity contribution < 1.29 is 64.6 Å². The number of nitrogens with one attached hydrogen (secondary N) is 1. The number of carbonyl (C=O) groups is 1. The van der Waals surface area contributed by atoms with Crippen molar-refractivity contribution in [2.45, 2.75) is 441 Å². The lowest BCUT2D eigenvalue weighted by Crippen LogP contribution is -2.65. The Morgan fingerprint density at radius 2 is 0.725 bits per heavy atom. The SMILES string of the molecule is CCCCCCC/C=C\C/C=C\CCCCCCCCCCCCCCCCCCCC(=O)NC(COC1OC(CO)C(OC2OC(CO)C(O)C(O)C2O)C(O)C1O)C(O)CCCCCCCCCCCCCCCCCCCCCCCCCCCCCC. The summed E-state index contributed by atoms with van der Waals surface area (Å²) in [4.78, 5) is 13.4. The number of ether oxygens (including phenoxy) is 4. The molecular formula is C77H147NO13. The fourth-order valence-electron chi connectivity index (χ4n) is 13.2. The van der Waals surface area contributed by atoms with Gasteiger partial charge < -0.3 is 65.1 Å². The lowest BCUT2D eigenvalue weighted by molar-refractivity contribution is -0.359. The predicted molar refractivity (Wildman–Crippen MR) is 374 cm³/mol. The molecule has 0 aliphatic carbocycles. The zero-order valence-corrected chi connectivity index (χ0v) is 58.9. The van der Waals surface area contributed by atoms with Gasteiger partial charge in [0.2, 0.25) is 5.91 Å². The Balaban J connectivity index is 1.62. The molecule has 2 rings (SSSR count). The van der Waals surface area contributed by atoms with Crippen LogP contribution in [0.1, 0.15) is 367 Å². The number of allylic oxidation sites excluding steroid dienone is 4. The van der Waals surface area contributed by atoms with E-state index in [9.17, 15) is 45.6 Å².